The molecule has 0 saturated carbocycles. The minimum atomic E-state index is -3.82. The van der Waals surface area contributed by atoms with E-state index in [0.717, 1.165) is 5.56 Å². The fourth-order valence-electron chi connectivity index (χ4n) is 3.03. The van der Waals surface area contributed by atoms with Crippen LogP contribution in [0.1, 0.15) is 24.8 Å². The second-order valence-electron chi connectivity index (χ2n) is 6.16. The second-order valence-corrected chi connectivity index (χ2v) is 9.44. The molecule has 0 radical (unpaired) electrons. The number of benzene rings is 1. The maximum Gasteiger partial charge on any atom is 0.396 e. The fourth-order valence-corrected chi connectivity index (χ4v) is 5.62. The summed E-state index contributed by atoms with van der Waals surface area (Å²) in [5.74, 6) is -0.395. The second kappa shape index (κ2) is 9.85. The van der Waals surface area contributed by atoms with E-state index in [1.54, 1.807) is 25.6 Å². The molecule has 150 valence electrons. The number of ether oxygens (including phenoxy) is 1. The number of thioether (sulfide) groups is 1. The molecule has 1 aliphatic rings. The van der Waals surface area contributed by atoms with Crippen molar-refractivity contribution >= 4 is 30.9 Å². The van der Waals surface area contributed by atoms with E-state index in [0.29, 0.717) is 12.4 Å². The largest absolute Gasteiger partial charge is 0.465 e. The third-order valence-corrected chi connectivity index (χ3v) is 7.72. The van der Waals surface area contributed by atoms with E-state index in [2.05, 4.69) is 0 Å². The highest BCUT2D eigenvalue weighted by molar-refractivity contribution is 7.99. The van der Waals surface area contributed by atoms with E-state index in [4.69, 9.17) is 13.8 Å². The minimum absolute atomic E-state index is 0.0969. The molecule has 0 aliphatic carbocycles. The van der Waals surface area contributed by atoms with E-state index in [1.165, 1.54) is 14.2 Å². The van der Waals surface area contributed by atoms with E-state index in [9.17, 15) is 14.2 Å². The van der Waals surface area contributed by atoms with Crippen LogP contribution < -0.4 is 0 Å². The highest BCUT2D eigenvalue weighted by Gasteiger charge is 2.44. The van der Waals surface area contributed by atoms with Gasteiger partial charge in [-0.1, -0.05) is 37.3 Å². The van der Waals surface area contributed by atoms with Gasteiger partial charge in [0.2, 0.25) is 5.52 Å². The quantitative estimate of drug-likeness (QED) is 0.449. The molecule has 1 aromatic carbocycles. The molecule has 3 atom stereocenters. The highest BCUT2D eigenvalue weighted by Crippen LogP contribution is 2.50. The molecule has 0 aromatic heterocycles. The maximum atomic E-state index is 12.6. The number of esters is 1. The van der Waals surface area contributed by atoms with Crippen molar-refractivity contribution in [1.29, 1.82) is 0 Å². The summed E-state index contributed by atoms with van der Waals surface area (Å²) < 4.78 is 27.3. The fraction of sp³-hybridized carbons (Fsp3) is 0.556. The first-order chi connectivity index (χ1) is 12.9. The van der Waals surface area contributed by atoms with Crippen LogP contribution in [0.25, 0.3) is 0 Å². The zero-order chi connectivity index (χ0) is 20.0. The Kier molecular flexibility index (Phi) is 8.06. The van der Waals surface area contributed by atoms with Gasteiger partial charge in [0, 0.05) is 32.4 Å². The van der Waals surface area contributed by atoms with Crippen LogP contribution in [0.4, 0.5) is 0 Å². The molecule has 27 heavy (non-hydrogen) atoms. The molecule has 3 unspecified atom stereocenters. The Morgan fingerprint density at radius 2 is 1.89 bits per heavy atom. The molecule has 0 bridgehead atoms. The van der Waals surface area contributed by atoms with Gasteiger partial charge in [0.05, 0.1) is 12.0 Å². The lowest BCUT2D eigenvalue weighted by Crippen LogP contribution is -2.43. The molecule has 7 nitrogen and oxygen atoms in total. The molecule has 1 fully saturated rings. The first-order valence-corrected chi connectivity index (χ1v) is 11.3. The summed E-state index contributed by atoms with van der Waals surface area (Å²) in [7, 11) is -1.44. The Hall–Kier alpha value is -1.18. The number of carbonyl (C=O) groups excluding carboxylic acids is 2. The Bertz CT molecular complexity index is 692. The number of carbonyl (C=O) groups is 2. The van der Waals surface area contributed by atoms with Crippen molar-refractivity contribution in [3.8, 4) is 0 Å². The number of rotatable bonds is 9. The normalized spacial score (nSPS) is 21.8. The van der Waals surface area contributed by atoms with Crippen LogP contribution in [-0.2, 0) is 27.9 Å². The lowest BCUT2D eigenvalue weighted by atomic mass is 10.1. The van der Waals surface area contributed by atoms with Crippen LogP contribution in [0.15, 0.2) is 30.3 Å². The monoisotopic (exact) mass is 415 g/mol. The molecule has 1 heterocycles. The van der Waals surface area contributed by atoms with Crippen LogP contribution in [-0.4, -0.2) is 55.6 Å². The summed E-state index contributed by atoms with van der Waals surface area (Å²) in [6, 6.07) is 9.30. The van der Waals surface area contributed by atoms with Crippen LogP contribution in [0.3, 0.4) is 0 Å². The van der Waals surface area contributed by atoms with Gasteiger partial charge in [0.1, 0.15) is 6.04 Å². The Balaban J connectivity index is 2.26. The summed E-state index contributed by atoms with van der Waals surface area (Å²) in [4.78, 5) is 27.0. The van der Waals surface area contributed by atoms with E-state index >= 15 is 0 Å². The molecule has 1 aromatic rings. The van der Waals surface area contributed by atoms with Gasteiger partial charge in [0.25, 0.3) is 0 Å². The van der Waals surface area contributed by atoms with Gasteiger partial charge in [0.15, 0.2) is 0 Å². The molecule has 2 rings (SSSR count). The molecular weight excluding hydrogens is 389 g/mol. The van der Waals surface area contributed by atoms with Crippen molar-refractivity contribution in [1.82, 2.24) is 4.90 Å². The topological polar surface area (TPSA) is 82.1 Å². The van der Waals surface area contributed by atoms with E-state index in [-0.39, 0.29) is 17.9 Å². The highest BCUT2D eigenvalue weighted by atomic mass is 32.2. The smallest absolute Gasteiger partial charge is 0.396 e. The summed E-state index contributed by atoms with van der Waals surface area (Å²) >= 11 is 1.62. The number of hydrogen-bond donors (Lipinski definition) is 0. The van der Waals surface area contributed by atoms with Crippen molar-refractivity contribution < 1.29 is 27.9 Å². The van der Waals surface area contributed by atoms with Crippen LogP contribution in [0.2, 0.25) is 0 Å². The lowest BCUT2D eigenvalue weighted by molar-refractivity contribution is -0.149. The molecule has 1 aliphatic heterocycles. The zero-order valence-corrected chi connectivity index (χ0v) is 17.7. The third-order valence-electron chi connectivity index (χ3n) is 4.41. The Labute approximate surface area is 164 Å². The predicted octanol–water partition coefficient (Wildman–Crippen LogP) is 3.31. The SMILES string of the molecule is CCOC(=O)C1CSC(c2ccccc2)N1CC(C)C(=O)P(=O)(OC)OC. The van der Waals surface area contributed by atoms with Crippen molar-refractivity contribution in [3.63, 3.8) is 0 Å². The summed E-state index contributed by atoms with van der Waals surface area (Å²) in [6.07, 6.45) is 0. The molecule has 1 saturated heterocycles. The van der Waals surface area contributed by atoms with Gasteiger partial charge in [-0.25, -0.2) is 0 Å². The van der Waals surface area contributed by atoms with E-state index in [1.807, 2.05) is 35.2 Å². The molecule has 0 amide bonds. The van der Waals surface area contributed by atoms with Gasteiger partial charge in [-0.05, 0) is 12.5 Å². The predicted molar refractivity (Wildman–Crippen MR) is 105 cm³/mol. The first-order valence-electron chi connectivity index (χ1n) is 8.72. The third kappa shape index (κ3) is 5.00. The average Bonchev–Trinajstić information content (AvgIpc) is 3.11. The van der Waals surface area contributed by atoms with Gasteiger partial charge in [-0.2, -0.15) is 0 Å². The minimum Gasteiger partial charge on any atom is -0.465 e. The molecule has 0 spiro atoms. The van der Waals surface area contributed by atoms with Crippen molar-refractivity contribution in [3.05, 3.63) is 35.9 Å². The van der Waals surface area contributed by atoms with Crippen LogP contribution >= 0.6 is 19.4 Å². The Morgan fingerprint density at radius 1 is 1.26 bits per heavy atom. The van der Waals surface area contributed by atoms with Gasteiger partial charge >= 0.3 is 13.6 Å². The van der Waals surface area contributed by atoms with Crippen LogP contribution in [0, 0.1) is 5.92 Å². The average molecular weight is 415 g/mol. The first kappa shape index (κ1) is 22.1. The number of hydrogen-bond acceptors (Lipinski definition) is 8. The van der Waals surface area contributed by atoms with E-state index < -0.39 is 25.1 Å². The summed E-state index contributed by atoms with van der Waals surface area (Å²) in [6.45, 7) is 3.96. The van der Waals surface area contributed by atoms with Gasteiger partial charge in [-0.3, -0.25) is 19.1 Å². The van der Waals surface area contributed by atoms with Crippen molar-refractivity contribution in [2.24, 2.45) is 5.92 Å². The number of nitrogens with zero attached hydrogens (tertiary/aromatic N) is 1. The standard InChI is InChI=1S/C18H26NO6PS/c1-5-25-17(20)15-12-27-16(14-9-7-6-8-10-14)19(15)11-13(2)18(21)26(22,23-3)24-4/h6-10,13,15-16H,5,11-12H2,1-4H3. The zero-order valence-electron chi connectivity index (χ0n) is 16.0. The Morgan fingerprint density at radius 3 is 2.44 bits per heavy atom. The van der Waals surface area contributed by atoms with Gasteiger partial charge in [-0.15, -0.1) is 11.8 Å². The summed E-state index contributed by atoms with van der Waals surface area (Å²) in [5.41, 5.74) is 0.439. The maximum absolute atomic E-state index is 12.6. The molecule has 0 N–H and O–H groups in total. The summed E-state index contributed by atoms with van der Waals surface area (Å²) in [5, 5.41) is -0.0969. The lowest BCUT2D eigenvalue weighted by Gasteiger charge is -2.30. The molecule has 9 heteroatoms. The van der Waals surface area contributed by atoms with Crippen molar-refractivity contribution in [2.75, 3.05) is 33.1 Å². The van der Waals surface area contributed by atoms with Gasteiger partial charge < -0.3 is 13.8 Å². The molecular formula is C18H26NO6PS. The van der Waals surface area contributed by atoms with Crippen molar-refractivity contribution in [2.45, 2.75) is 25.3 Å². The van der Waals surface area contributed by atoms with Crippen LogP contribution in [0.5, 0.6) is 0 Å².